The molecule has 3 nitrogen and oxygen atoms in total. The molecule has 0 amide bonds. The molecule has 3 heteroatoms. The molecule has 2 aliphatic heterocycles. The second-order valence-electron chi connectivity index (χ2n) is 6.55. The predicted octanol–water partition coefficient (Wildman–Crippen LogP) is 3.55. The number of nitrogens with zero attached hydrogens (tertiary/aromatic N) is 2. The molecule has 2 bridgehead atoms. The van der Waals surface area contributed by atoms with Gasteiger partial charge in [-0.1, -0.05) is 36.4 Å². The van der Waals surface area contributed by atoms with Gasteiger partial charge in [0.15, 0.2) is 0 Å². The van der Waals surface area contributed by atoms with Crippen molar-refractivity contribution in [2.45, 2.75) is 37.9 Å². The summed E-state index contributed by atoms with van der Waals surface area (Å²) in [5, 5.41) is 3.52. The Hall–Kier alpha value is -1.87. The molecule has 3 atom stereocenters. The molecule has 4 rings (SSSR count). The highest BCUT2D eigenvalue weighted by Gasteiger charge is 2.45. The van der Waals surface area contributed by atoms with E-state index in [0.29, 0.717) is 0 Å². The number of aromatic nitrogens is 1. The zero-order chi connectivity index (χ0) is 14.8. The van der Waals surface area contributed by atoms with Crippen LogP contribution in [0.1, 0.15) is 24.8 Å². The van der Waals surface area contributed by atoms with Crippen LogP contribution in [-0.4, -0.2) is 28.5 Å². The highest BCUT2D eigenvalue weighted by atomic mass is 15.2. The van der Waals surface area contributed by atoms with Crippen LogP contribution in [0, 0.1) is 5.92 Å². The van der Waals surface area contributed by atoms with Gasteiger partial charge in [-0.2, -0.15) is 0 Å². The first-order valence-electron chi connectivity index (χ1n) is 8.35. The lowest BCUT2D eigenvalue weighted by Crippen LogP contribution is -2.32. The van der Waals surface area contributed by atoms with Crippen LogP contribution in [-0.2, 0) is 6.54 Å². The molecule has 2 saturated heterocycles. The summed E-state index contributed by atoms with van der Waals surface area (Å²) >= 11 is 0. The van der Waals surface area contributed by atoms with E-state index in [9.17, 15) is 0 Å². The van der Waals surface area contributed by atoms with Crippen LogP contribution in [0.25, 0.3) is 0 Å². The van der Waals surface area contributed by atoms with Gasteiger partial charge < -0.3 is 5.32 Å². The molecule has 3 unspecified atom stereocenters. The highest BCUT2D eigenvalue weighted by molar-refractivity contribution is 5.33. The normalized spacial score (nSPS) is 27.2. The third-order valence-electron chi connectivity index (χ3n) is 5.23. The Balaban J connectivity index is 1.38. The number of hydrogen-bond acceptors (Lipinski definition) is 3. The van der Waals surface area contributed by atoms with Crippen molar-refractivity contribution in [1.29, 1.82) is 0 Å². The second kappa shape index (κ2) is 6.09. The van der Waals surface area contributed by atoms with Crippen LogP contribution in [0.4, 0.5) is 5.82 Å². The summed E-state index contributed by atoms with van der Waals surface area (Å²) in [6, 6.07) is 18.5. The van der Waals surface area contributed by atoms with Crippen LogP contribution in [0.15, 0.2) is 54.7 Å². The molecule has 2 fully saturated rings. The Labute approximate surface area is 132 Å². The number of fused-ring (bicyclic) bond motifs is 2. The van der Waals surface area contributed by atoms with E-state index in [1.54, 1.807) is 0 Å². The van der Waals surface area contributed by atoms with Gasteiger partial charge in [-0.15, -0.1) is 0 Å². The predicted molar refractivity (Wildman–Crippen MR) is 89.6 cm³/mol. The average molecular weight is 293 g/mol. The van der Waals surface area contributed by atoms with Crippen molar-refractivity contribution in [2.24, 2.45) is 5.92 Å². The summed E-state index contributed by atoms with van der Waals surface area (Å²) in [5.41, 5.74) is 1.44. The van der Waals surface area contributed by atoms with Crippen molar-refractivity contribution in [3.8, 4) is 0 Å². The van der Waals surface area contributed by atoms with E-state index >= 15 is 0 Å². The minimum absolute atomic E-state index is 0.737. The molecule has 1 aromatic heterocycles. The third kappa shape index (κ3) is 2.73. The van der Waals surface area contributed by atoms with Crippen LogP contribution in [0.3, 0.4) is 0 Å². The highest BCUT2D eigenvalue weighted by Crippen LogP contribution is 2.42. The Morgan fingerprint density at radius 3 is 2.73 bits per heavy atom. The quantitative estimate of drug-likeness (QED) is 0.914. The van der Waals surface area contributed by atoms with Crippen molar-refractivity contribution < 1.29 is 0 Å². The minimum Gasteiger partial charge on any atom is -0.370 e. The molecule has 2 aromatic rings. The van der Waals surface area contributed by atoms with Gasteiger partial charge in [0.05, 0.1) is 0 Å². The molecule has 0 spiro atoms. The SMILES string of the molecule is c1ccc(CN2C3CCC2C(CNc2ccccn2)C3)cc1. The van der Waals surface area contributed by atoms with E-state index in [1.165, 1.54) is 24.8 Å². The summed E-state index contributed by atoms with van der Waals surface area (Å²) in [6.07, 6.45) is 5.91. The maximum atomic E-state index is 4.36. The van der Waals surface area contributed by atoms with Crippen molar-refractivity contribution in [1.82, 2.24) is 9.88 Å². The number of pyridine rings is 1. The zero-order valence-corrected chi connectivity index (χ0v) is 12.9. The summed E-state index contributed by atoms with van der Waals surface area (Å²) in [4.78, 5) is 7.10. The van der Waals surface area contributed by atoms with Crippen LogP contribution < -0.4 is 5.32 Å². The van der Waals surface area contributed by atoms with Gasteiger partial charge in [0.25, 0.3) is 0 Å². The van der Waals surface area contributed by atoms with Gasteiger partial charge in [-0.05, 0) is 42.9 Å². The maximum Gasteiger partial charge on any atom is 0.125 e. The van der Waals surface area contributed by atoms with Gasteiger partial charge in [0.2, 0.25) is 0 Å². The number of rotatable bonds is 5. The van der Waals surface area contributed by atoms with Gasteiger partial charge in [-0.3, -0.25) is 4.90 Å². The van der Waals surface area contributed by atoms with E-state index in [2.05, 4.69) is 51.6 Å². The first kappa shape index (κ1) is 13.8. The molecule has 0 radical (unpaired) electrons. The largest absolute Gasteiger partial charge is 0.370 e. The van der Waals surface area contributed by atoms with Gasteiger partial charge in [-0.25, -0.2) is 4.98 Å². The summed E-state index contributed by atoms with van der Waals surface area (Å²) in [7, 11) is 0. The standard InChI is InChI=1S/C19H23N3/c1-2-6-15(7-3-1)14-22-17-9-10-18(22)16(12-17)13-21-19-8-4-5-11-20-19/h1-8,11,16-18H,9-10,12-14H2,(H,20,21). The fourth-order valence-electron chi connectivity index (χ4n) is 4.19. The van der Waals surface area contributed by atoms with Gasteiger partial charge in [0, 0.05) is 31.4 Å². The monoisotopic (exact) mass is 293 g/mol. The molecular weight excluding hydrogens is 270 g/mol. The second-order valence-corrected chi connectivity index (χ2v) is 6.55. The molecule has 0 saturated carbocycles. The molecule has 3 heterocycles. The van der Waals surface area contributed by atoms with Crippen molar-refractivity contribution >= 4 is 5.82 Å². The lowest BCUT2D eigenvalue weighted by atomic mass is 9.89. The van der Waals surface area contributed by atoms with Gasteiger partial charge in [0.1, 0.15) is 5.82 Å². The lowest BCUT2D eigenvalue weighted by Gasteiger charge is -2.24. The Morgan fingerprint density at radius 2 is 1.91 bits per heavy atom. The third-order valence-corrected chi connectivity index (χ3v) is 5.23. The van der Waals surface area contributed by atoms with E-state index in [0.717, 1.165) is 36.9 Å². The van der Waals surface area contributed by atoms with Gasteiger partial charge >= 0.3 is 0 Å². The van der Waals surface area contributed by atoms with Crippen molar-refractivity contribution in [3.63, 3.8) is 0 Å². The van der Waals surface area contributed by atoms with Crippen molar-refractivity contribution in [3.05, 3.63) is 60.3 Å². The Morgan fingerprint density at radius 1 is 1.05 bits per heavy atom. The molecule has 0 aliphatic carbocycles. The summed E-state index contributed by atoms with van der Waals surface area (Å²) < 4.78 is 0. The van der Waals surface area contributed by atoms with E-state index in [1.807, 2.05) is 18.3 Å². The fraction of sp³-hybridized carbons (Fsp3) is 0.421. The minimum atomic E-state index is 0.737. The molecule has 1 N–H and O–H groups in total. The first-order valence-corrected chi connectivity index (χ1v) is 8.35. The zero-order valence-electron chi connectivity index (χ0n) is 12.9. The summed E-state index contributed by atoms with van der Waals surface area (Å²) in [6.45, 7) is 2.15. The molecular formula is C19H23N3. The maximum absolute atomic E-state index is 4.36. The van der Waals surface area contributed by atoms with Crippen LogP contribution >= 0.6 is 0 Å². The van der Waals surface area contributed by atoms with Crippen molar-refractivity contribution in [2.75, 3.05) is 11.9 Å². The fourth-order valence-corrected chi connectivity index (χ4v) is 4.19. The number of hydrogen-bond donors (Lipinski definition) is 1. The molecule has 2 aliphatic rings. The molecule has 1 aromatic carbocycles. The van der Waals surface area contributed by atoms with Crippen LogP contribution in [0.5, 0.6) is 0 Å². The lowest BCUT2D eigenvalue weighted by molar-refractivity contribution is 0.230. The Kier molecular flexibility index (Phi) is 3.81. The van der Waals surface area contributed by atoms with E-state index in [4.69, 9.17) is 0 Å². The number of nitrogens with one attached hydrogen (secondary N) is 1. The molecule has 22 heavy (non-hydrogen) atoms. The smallest absolute Gasteiger partial charge is 0.125 e. The Bertz CT molecular complexity index is 599. The average Bonchev–Trinajstić information content (AvgIpc) is 3.11. The van der Waals surface area contributed by atoms with Crippen LogP contribution in [0.2, 0.25) is 0 Å². The topological polar surface area (TPSA) is 28.2 Å². The molecule has 114 valence electrons. The first-order chi connectivity index (χ1) is 10.9. The van der Waals surface area contributed by atoms with E-state index < -0.39 is 0 Å². The number of anilines is 1. The summed E-state index contributed by atoms with van der Waals surface area (Å²) in [5.74, 6) is 1.75. The number of benzene rings is 1. The van der Waals surface area contributed by atoms with E-state index in [-0.39, 0.29) is 0 Å².